The standard InChI is InChI=1S/C12H20N4OS/c1-7-3-2-4-8(6-5-7)15-12-9(11(14)17)10(13)16-18-12/h7-8,15H,2-6H2,1H3,(H2,13,16)(H2,14,17). The van der Waals surface area contributed by atoms with Gasteiger partial charge in [-0.1, -0.05) is 19.8 Å². The Morgan fingerprint density at radius 3 is 2.89 bits per heavy atom. The fourth-order valence-electron chi connectivity index (χ4n) is 2.46. The number of rotatable bonds is 3. The van der Waals surface area contributed by atoms with Crippen molar-refractivity contribution in [1.82, 2.24) is 4.37 Å². The molecular formula is C12H20N4OS. The highest BCUT2D eigenvalue weighted by atomic mass is 32.1. The number of nitrogens with zero attached hydrogens (tertiary/aromatic N) is 1. The second-order valence-corrected chi connectivity index (χ2v) is 5.86. The average molecular weight is 268 g/mol. The SMILES string of the molecule is CC1CCCC(Nc2snc(N)c2C(N)=O)CC1. The van der Waals surface area contributed by atoms with E-state index < -0.39 is 5.91 Å². The van der Waals surface area contributed by atoms with Crippen molar-refractivity contribution in [2.24, 2.45) is 11.7 Å². The second-order valence-electron chi connectivity index (χ2n) is 5.09. The maximum absolute atomic E-state index is 11.3. The molecule has 5 N–H and O–H groups in total. The highest BCUT2D eigenvalue weighted by Gasteiger charge is 2.21. The Kier molecular flexibility index (Phi) is 4.06. The topological polar surface area (TPSA) is 94.0 Å². The zero-order valence-corrected chi connectivity index (χ0v) is 11.4. The number of primary amides is 1. The lowest BCUT2D eigenvalue weighted by Gasteiger charge is -2.16. The van der Waals surface area contributed by atoms with Gasteiger partial charge in [0.25, 0.3) is 5.91 Å². The van der Waals surface area contributed by atoms with E-state index in [2.05, 4.69) is 16.6 Å². The van der Waals surface area contributed by atoms with Crippen LogP contribution < -0.4 is 16.8 Å². The van der Waals surface area contributed by atoms with Gasteiger partial charge in [0.1, 0.15) is 10.6 Å². The van der Waals surface area contributed by atoms with Crippen LogP contribution >= 0.6 is 11.5 Å². The van der Waals surface area contributed by atoms with Crippen molar-refractivity contribution in [3.63, 3.8) is 0 Å². The molecule has 0 saturated heterocycles. The van der Waals surface area contributed by atoms with Crippen LogP contribution in [0.1, 0.15) is 49.4 Å². The summed E-state index contributed by atoms with van der Waals surface area (Å²) in [6.45, 7) is 2.29. The lowest BCUT2D eigenvalue weighted by atomic mass is 10.0. The quantitative estimate of drug-likeness (QED) is 0.732. The molecule has 1 aliphatic carbocycles. The van der Waals surface area contributed by atoms with Crippen molar-refractivity contribution in [2.45, 2.75) is 45.1 Å². The Hall–Kier alpha value is -1.30. The lowest BCUT2D eigenvalue weighted by Crippen LogP contribution is -2.21. The van der Waals surface area contributed by atoms with Gasteiger partial charge in [-0.3, -0.25) is 4.79 Å². The molecule has 1 heterocycles. The first-order valence-electron chi connectivity index (χ1n) is 6.39. The average Bonchev–Trinajstić information content (AvgIpc) is 2.54. The van der Waals surface area contributed by atoms with Crippen molar-refractivity contribution in [3.8, 4) is 0 Å². The largest absolute Gasteiger partial charge is 0.382 e. The van der Waals surface area contributed by atoms with Crippen LogP contribution in [0.4, 0.5) is 10.8 Å². The highest BCUT2D eigenvalue weighted by Crippen LogP contribution is 2.30. The van der Waals surface area contributed by atoms with Crippen LogP contribution in [-0.4, -0.2) is 16.3 Å². The number of nitrogens with two attached hydrogens (primary N) is 2. The van der Waals surface area contributed by atoms with Gasteiger partial charge in [-0.05, 0) is 36.7 Å². The smallest absolute Gasteiger partial charge is 0.255 e. The molecule has 1 aromatic heterocycles. The van der Waals surface area contributed by atoms with Crippen molar-refractivity contribution in [2.75, 3.05) is 11.1 Å². The predicted octanol–water partition coefficient (Wildman–Crippen LogP) is 2.20. The molecule has 0 aromatic carbocycles. The number of hydrogen-bond acceptors (Lipinski definition) is 5. The monoisotopic (exact) mass is 268 g/mol. The Balaban J connectivity index is 2.07. The molecule has 1 amide bonds. The number of nitrogens with one attached hydrogen (secondary N) is 1. The summed E-state index contributed by atoms with van der Waals surface area (Å²) < 4.78 is 4.00. The number of carbonyl (C=O) groups is 1. The number of carbonyl (C=O) groups excluding carboxylic acids is 1. The third-order valence-electron chi connectivity index (χ3n) is 3.56. The van der Waals surface area contributed by atoms with Crippen LogP contribution in [-0.2, 0) is 0 Å². The van der Waals surface area contributed by atoms with Crippen molar-refractivity contribution < 1.29 is 4.79 Å². The van der Waals surface area contributed by atoms with Gasteiger partial charge in [0.15, 0.2) is 5.82 Å². The molecule has 5 nitrogen and oxygen atoms in total. The van der Waals surface area contributed by atoms with E-state index in [1.807, 2.05) is 0 Å². The minimum absolute atomic E-state index is 0.233. The summed E-state index contributed by atoms with van der Waals surface area (Å²) in [6, 6.07) is 0.396. The molecular weight excluding hydrogens is 248 g/mol. The molecule has 6 heteroatoms. The second kappa shape index (κ2) is 5.56. The molecule has 1 aliphatic rings. The van der Waals surface area contributed by atoms with Crippen LogP contribution in [0.15, 0.2) is 0 Å². The highest BCUT2D eigenvalue weighted by molar-refractivity contribution is 7.11. The minimum Gasteiger partial charge on any atom is -0.382 e. The zero-order chi connectivity index (χ0) is 13.1. The van der Waals surface area contributed by atoms with Gasteiger partial charge in [0.05, 0.1) is 0 Å². The normalized spacial score (nSPS) is 24.5. The Labute approximate surface area is 111 Å². The van der Waals surface area contributed by atoms with Gasteiger partial charge in [0, 0.05) is 6.04 Å². The molecule has 0 bridgehead atoms. The minimum atomic E-state index is -0.509. The third-order valence-corrected chi connectivity index (χ3v) is 4.35. The number of nitrogen functional groups attached to an aromatic ring is 1. The van der Waals surface area contributed by atoms with Gasteiger partial charge in [-0.25, -0.2) is 0 Å². The molecule has 2 rings (SSSR count). The summed E-state index contributed by atoms with van der Waals surface area (Å²) in [5, 5.41) is 4.11. The maximum Gasteiger partial charge on any atom is 0.255 e. The van der Waals surface area contributed by atoms with Gasteiger partial charge >= 0.3 is 0 Å². The lowest BCUT2D eigenvalue weighted by molar-refractivity contribution is 0.100. The van der Waals surface area contributed by atoms with E-state index in [9.17, 15) is 4.79 Å². The summed E-state index contributed by atoms with van der Waals surface area (Å²) in [4.78, 5) is 11.3. The fraction of sp³-hybridized carbons (Fsp3) is 0.667. The van der Waals surface area contributed by atoms with E-state index in [1.165, 1.54) is 30.8 Å². The number of anilines is 2. The van der Waals surface area contributed by atoms with E-state index in [0.717, 1.165) is 23.8 Å². The molecule has 1 saturated carbocycles. The zero-order valence-electron chi connectivity index (χ0n) is 10.6. The summed E-state index contributed by atoms with van der Waals surface area (Å²) in [6.07, 6.45) is 5.97. The molecule has 0 aliphatic heterocycles. The first-order valence-corrected chi connectivity index (χ1v) is 7.16. The third kappa shape index (κ3) is 2.93. The summed E-state index contributed by atoms with van der Waals surface area (Å²) in [5.74, 6) is 0.515. The first-order chi connectivity index (χ1) is 8.58. The Bertz CT molecular complexity index is 432. The van der Waals surface area contributed by atoms with Gasteiger partial charge in [-0.2, -0.15) is 4.37 Å². The molecule has 1 fully saturated rings. The number of amides is 1. The molecule has 2 unspecified atom stereocenters. The molecule has 18 heavy (non-hydrogen) atoms. The van der Waals surface area contributed by atoms with Crippen molar-refractivity contribution in [1.29, 1.82) is 0 Å². The van der Waals surface area contributed by atoms with E-state index in [4.69, 9.17) is 11.5 Å². The Morgan fingerprint density at radius 2 is 2.17 bits per heavy atom. The summed E-state index contributed by atoms with van der Waals surface area (Å²) >= 11 is 1.22. The van der Waals surface area contributed by atoms with Gasteiger partial charge < -0.3 is 16.8 Å². The molecule has 2 atom stereocenters. The van der Waals surface area contributed by atoms with Crippen LogP contribution in [0.2, 0.25) is 0 Å². The van der Waals surface area contributed by atoms with Crippen LogP contribution in [0.5, 0.6) is 0 Å². The molecule has 0 spiro atoms. The molecule has 100 valence electrons. The maximum atomic E-state index is 11.3. The first kappa shape index (κ1) is 13.1. The van der Waals surface area contributed by atoms with Crippen LogP contribution in [0.25, 0.3) is 0 Å². The van der Waals surface area contributed by atoms with E-state index in [-0.39, 0.29) is 5.82 Å². The molecule has 0 radical (unpaired) electrons. The Morgan fingerprint density at radius 1 is 1.39 bits per heavy atom. The predicted molar refractivity (Wildman–Crippen MR) is 74.7 cm³/mol. The number of hydrogen-bond donors (Lipinski definition) is 3. The van der Waals surface area contributed by atoms with E-state index in [1.54, 1.807) is 0 Å². The van der Waals surface area contributed by atoms with Gasteiger partial charge in [-0.15, -0.1) is 0 Å². The van der Waals surface area contributed by atoms with Crippen LogP contribution in [0, 0.1) is 5.92 Å². The van der Waals surface area contributed by atoms with E-state index >= 15 is 0 Å². The van der Waals surface area contributed by atoms with Crippen LogP contribution in [0.3, 0.4) is 0 Å². The molecule has 1 aromatic rings. The fourth-order valence-corrected chi connectivity index (χ4v) is 3.25. The summed E-state index contributed by atoms with van der Waals surface area (Å²) in [7, 11) is 0. The number of aromatic nitrogens is 1. The van der Waals surface area contributed by atoms with Crippen molar-refractivity contribution in [3.05, 3.63) is 5.56 Å². The van der Waals surface area contributed by atoms with Crippen molar-refractivity contribution >= 4 is 28.3 Å². The van der Waals surface area contributed by atoms with Gasteiger partial charge in [0.2, 0.25) is 0 Å². The van der Waals surface area contributed by atoms with E-state index in [0.29, 0.717) is 11.6 Å². The summed E-state index contributed by atoms with van der Waals surface area (Å²) in [5.41, 5.74) is 11.3.